The van der Waals surface area contributed by atoms with Crippen molar-refractivity contribution in [2.75, 3.05) is 0 Å². The molecular formula is C31H37BN6O5. The second-order valence-corrected chi connectivity index (χ2v) is 14.0. The van der Waals surface area contributed by atoms with E-state index in [0.717, 1.165) is 36.8 Å². The summed E-state index contributed by atoms with van der Waals surface area (Å²) in [5.74, 6) is -0.527. The monoisotopic (exact) mass is 584 g/mol. The highest BCUT2D eigenvalue weighted by Gasteiger charge is 2.52. The predicted molar refractivity (Wildman–Crippen MR) is 157 cm³/mol. The Kier molecular flexibility index (Phi) is 6.15. The Hall–Kier alpha value is -3.69. The summed E-state index contributed by atoms with van der Waals surface area (Å²) >= 11 is 0. The molecule has 0 unspecified atom stereocenters. The minimum atomic E-state index is -1.00. The van der Waals surface area contributed by atoms with Gasteiger partial charge in [0.1, 0.15) is 22.8 Å². The van der Waals surface area contributed by atoms with Crippen molar-refractivity contribution in [3.05, 3.63) is 41.5 Å². The van der Waals surface area contributed by atoms with Gasteiger partial charge in [0.25, 0.3) is 5.91 Å². The van der Waals surface area contributed by atoms with Crippen LogP contribution in [-0.4, -0.2) is 56.5 Å². The number of aromatic nitrogens is 3. The van der Waals surface area contributed by atoms with Crippen molar-refractivity contribution in [3.8, 4) is 6.07 Å². The zero-order chi connectivity index (χ0) is 30.4. The minimum absolute atomic E-state index is 0.00816. The van der Waals surface area contributed by atoms with Crippen LogP contribution in [0.2, 0.25) is 0 Å². The summed E-state index contributed by atoms with van der Waals surface area (Å²) in [6, 6.07) is 8.82. The van der Waals surface area contributed by atoms with Crippen LogP contribution in [0.5, 0.6) is 0 Å². The van der Waals surface area contributed by atoms with Gasteiger partial charge in [0.2, 0.25) is 5.91 Å². The lowest BCUT2D eigenvalue weighted by atomic mass is 9.79. The highest BCUT2D eigenvalue weighted by molar-refractivity contribution is 6.62. The molecule has 0 bridgehead atoms. The van der Waals surface area contributed by atoms with Gasteiger partial charge < -0.3 is 24.4 Å². The molecule has 12 heteroatoms. The summed E-state index contributed by atoms with van der Waals surface area (Å²) in [6.45, 7) is 10.2. The lowest BCUT2D eigenvalue weighted by Crippen LogP contribution is -2.51. The molecule has 3 aromatic rings. The summed E-state index contributed by atoms with van der Waals surface area (Å²) in [5, 5.41) is 20.1. The molecule has 4 fully saturated rings. The summed E-state index contributed by atoms with van der Waals surface area (Å²) in [5.41, 5.74) is 1.48. The number of nitriles is 1. The molecule has 224 valence electrons. The lowest BCUT2D eigenvalue weighted by Gasteiger charge is -2.32. The molecule has 3 aliphatic carbocycles. The van der Waals surface area contributed by atoms with Crippen molar-refractivity contribution in [2.45, 2.75) is 114 Å². The number of carbonyl (C=O) groups is 2. The van der Waals surface area contributed by atoms with Gasteiger partial charge in [-0.2, -0.15) is 10.4 Å². The quantitative estimate of drug-likeness (QED) is 0.365. The van der Waals surface area contributed by atoms with Crippen molar-refractivity contribution in [1.82, 2.24) is 25.4 Å². The van der Waals surface area contributed by atoms with E-state index < -0.39 is 35.8 Å². The highest BCUT2D eigenvalue weighted by atomic mass is 16.7. The molecule has 0 radical (unpaired) electrons. The van der Waals surface area contributed by atoms with Crippen molar-refractivity contribution in [3.63, 3.8) is 0 Å². The summed E-state index contributed by atoms with van der Waals surface area (Å²) in [4.78, 5) is 31.8. The lowest BCUT2D eigenvalue weighted by molar-refractivity contribution is -0.123. The van der Waals surface area contributed by atoms with Gasteiger partial charge in [-0.25, -0.2) is 4.98 Å². The van der Waals surface area contributed by atoms with Crippen LogP contribution in [0.1, 0.15) is 101 Å². The summed E-state index contributed by atoms with van der Waals surface area (Å²) in [6.07, 6.45) is 5.22. The molecule has 3 saturated carbocycles. The van der Waals surface area contributed by atoms with E-state index in [4.69, 9.17) is 18.8 Å². The van der Waals surface area contributed by atoms with E-state index in [2.05, 4.69) is 28.6 Å². The second-order valence-electron chi connectivity index (χ2n) is 14.0. The van der Waals surface area contributed by atoms with Gasteiger partial charge in [-0.15, -0.1) is 0 Å². The van der Waals surface area contributed by atoms with Crippen LogP contribution >= 0.6 is 0 Å². The van der Waals surface area contributed by atoms with E-state index in [1.54, 1.807) is 0 Å². The van der Waals surface area contributed by atoms with Crippen LogP contribution in [-0.2, 0) is 25.9 Å². The predicted octanol–water partition coefficient (Wildman–Crippen LogP) is 3.22. The maximum atomic E-state index is 13.7. The number of amides is 2. The first-order chi connectivity index (χ1) is 20.3. The third-order valence-electron chi connectivity index (χ3n) is 9.79. The van der Waals surface area contributed by atoms with Crippen molar-refractivity contribution >= 4 is 35.5 Å². The first-order valence-electron chi connectivity index (χ1n) is 15.2. The van der Waals surface area contributed by atoms with Crippen LogP contribution in [0.3, 0.4) is 0 Å². The number of carbonyl (C=O) groups excluding carboxylic acids is 2. The average Bonchev–Trinajstić information content (AvgIpc) is 3.92. The van der Waals surface area contributed by atoms with Crippen LogP contribution in [0.4, 0.5) is 0 Å². The van der Waals surface area contributed by atoms with E-state index in [0.29, 0.717) is 35.5 Å². The number of nitrogens with zero attached hydrogens (tertiary/aromatic N) is 4. The van der Waals surface area contributed by atoms with Crippen molar-refractivity contribution in [2.24, 2.45) is 0 Å². The molecule has 4 aliphatic rings. The molecule has 43 heavy (non-hydrogen) atoms. The van der Waals surface area contributed by atoms with E-state index in [9.17, 15) is 14.9 Å². The fourth-order valence-corrected chi connectivity index (χ4v) is 5.43. The number of rotatable bonds is 9. The Labute approximate surface area is 250 Å². The van der Waals surface area contributed by atoms with Crippen LogP contribution < -0.4 is 16.1 Å². The number of benzene rings is 1. The molecule has 2 amide bonds. The normalized spacial score (nSPS) is 23.0. The Bertz CT molecular complexity index is 1660. The first-order valence-corrected chi connectivity index (χ1v) is 15.2. The Morgan fingerprint density at radius 2 is 1.79 bits per heavy atom. The van der Waals surface area contributed by atoms with Crippen LogP contribution in [0.15, 0.2) is 28.7 Å². The fourth-order valence-electron chi connectivity index (χ4n) is 5.43. The van der Waals surface area contributed by atoms with E-state index in [1.807, 2.05) is 56.6 Å². The molecular weight excluding hydrogens is 547 g/mol. The van der Waals surface area contributed by atoms with Gasteiger partial charge in [-0.1, -0.05) is 13.0 Å². The molecule has 11 nitrogen and oxygen atoms in total. The zero-order valence-electron chi connectivity index (χ0n) is 25.3. The van der Waals surface area contributed by atoms with Gasteiger partial charge in [0.15, 0.2) is 11.5 Å². The van der Waals surface area contributed by atoms with Gasteiger partial charge in [0.05, 0.1) is 35.4 Å². The summed E-state index contributed by atoms with van der Waals surface area (Å²) in [7, 11) is -0.555. The topological polar surface area (TPSA) is 144 Å². The summed E-state index contributed by atoms with van der Waals surface area (Å²) < 4.78 is 20.3. The van der Waals surface area contributed by atoms with Crippen LogP contribution in [0, 0.1) is 11.3 Å². The first kappa shape index (κ1) is 28.1. The Morgan fingerprint density at radius 3 is 2.40 bits per heavy atom. The van der Waals surface area contributed by atoms with Gasteiger partial charge >= 0.3 is 7.12 Å². The second kappa shape index (κ2) is 9.41. The Morgan fingerprint density at radius 1 is 1.09 bits per heavy atom. The molecule has 3 heterocycles. The molecule has 7 rings (SSSR count). The van der Waals surface area contributed by atoms with Crippen LogP contribution in [0.25, 0.3) is 11.1 Å². The standard InChI is InChI=1S/C31H37BN6O5/c1-28(2)29(3,4)43-32(42-28)18-6-9-20-23(14-18)41-25(34-20)15-21(26(39)36-31(17-33)12-13-31)35-27(40)22-16-24(30(5)10-11-30)37-38(22)19-7-8-19/h6,9,14,16,19,21H,7-8,10-13,15H2,1-5H3,(H,35,40)(H,36,39)/t21-/m0/s1. The Balaban J connectivity index is 1.14. The molecule has 1 saturated heterocycles. The third-order valence-corrected chi connectivity index (χ3v) is 9.79. The molecule has 2 N–H and O–H groups in total. The zero-order valence-corrected chi connectivity index (χ0v) is 25.3. The fraction of sp³-hybridized carbons (Fsp3) is 0.581. The third kappa shape index (κ3) is 5.12. The molecule has 1 aliphatic heterocycles. The highest BCUT2D eigenvalue weighted by Crippen LogP contribution is 2.48. The van der Waals surface area contributed by atoms with Gasteiger partial charge in [-0.3, -0.25) is 14.3 Å². The number of fused-ring (bicyclic) bond motifs is 1. The number of hydrogen-bond donors (Lipinski definition) is 2. The molecule has 0 spiro atoms. The van der Waals surface area contributed by atoms with E-state index >= 15 is 0 Å². The SMILES string of the molecule is CC1(c2cc(C(=O)N[C@@H](Cc3nc4ccc(B5OC(C)(C)C(C)(C)O5)cc4o3)C(=O)NC3(C#N)CC3)n(C3CC3)n2)CC1. The van der Waals surface area contributed by atoms with Gasteiger partial charge in [-0.05, 0) is 89.9 Å². The largest absolute Gasteiger partial charge is 0.494 e. The maximum absolute atomic E-state index is 13.7. The molecule has 2 aromatic heterocycles. The average molecular weight is 584 g/mol. The smallest absolute Gasteiger partial charge is 0.441 e. The van der Waals surface area contributed by atoms with Crippen molar-refractivity contribution < 1.29 is 23.3 Å². The number of nitrogens with one attached hydrogen (secondary N) is 2. The number of oxazole rings is 1. The van der Waals surface area contributed by atoms with E-state index in [1.165, 1.54) is 0 Å². The molecule has 1 aromatic carbocycles. The van der Waals surface area contributed by atoms with E-state index in [-0.39, 0.29) is 23.8 Å². The minimum Gasteiger partial charge on any atom is -0.441 e. The number of hydrogen-bond acceptors (Lipinski definition) is 8. The van der Waals surface area contributed by atoms with Gasteiger partial charge in [0, 0.05) is 5.41 Å². The molecule has 1 atom stereocenters. The maximum Gasteiger partial charge on any atom is 0.494 e. The van der Waals surface area contributed by atoms with Crippen molar-refractivity contribution in [1.29, 1.82) is 5.26 Å².